The number of halogens is 1. The van der Waals surface area contributed by atoms with Crippen LogP contribution in [0.2, 0.25) is 5.02 Å². The summed E-state index contributed by atoms with van der Waals surface area (Å²) in [6, 6.07) is 20.8. The normalized spacial score (nSPS) is 11.2. The van der Waals surface area contributed by atoms with Gasteiger partial charge in [0.1, 0.15) is 5.75 Å². The van der Waals surface area contributed by atoms with Crippen molar-refractivity contribution in [2.24, 2.45) is 0 Å². The Bertz CT molecular complexity index is 1130. The SMILES string of the molecule is COc1ccc(Cl)cc1C(=O)NCCc1ccc(S(=O)(=O)NCc2ccccc2)cc1. The van der Waals surface area contributed by atoms with Crippen LogP contribution in [0, 0.1) is 0 Å². The van der Waals surface area contributed by atoms with Crippen LogP contribution in [0.25, 0.3) is 0 Å². The molecule has 0 aliphatic carbocycles. The standard InChI is InChI=1S/C23H23ClN2O4S/c1-30-22-12-9-19(24)15-21(22)23(27)25-14-13-17-7-10-20(11-8-17)31(28,29)26-16-18-5-3-2-4-6-18/h2-12,15,26H,13-14,16H2,1H3,(H,25,27). The van der Waals surface area contributed by atoms with E-state index < -0.39 is 10.0 Å². The number of hydrogen-bond acceptors (Lipinski definition) is 4. The molecular weight excluding hydrogens is 436 g/mol. The van der Waals surface area contributed by atoms with E-state index in [1.165, 1.54) is 7.11 Å². The molecular formula is C23H23ClN2O4S. The molecule has 3 aromatic carbocycles. The van der Waals surface area contributed by atoms with E-state index in [1.807, 2.05) is 30.3 Å². The topological polar surface area (TPSA) is 84.5 Å². The zero-order valence-electron chi connectivity index (χ0n) is 17.0. The van der Waals surface area contributed by atoms with Crippen LogP contribution in [0.5, 0.6) is 5.75 Å². The minimum Gasteiger partial charge on any atom is -0.496 e. The number of amides is 1. The largest absolute Gasteiger partial charge is 0.496 e. The Balaban J connectivity index is 1.55. The maximum Gasteiger partial charge on any atom is 0.255 e. The first-order valence-electron chi connectivity index (χ1n) is 9.63. The quantitative estimate of drug-likeness (QED) is 0.510. The fourth-order valence-corrected chi connectivity index (χ4v) is 4.16. The molecule has 0 aliphatic rings. The van der Waals surface area contributed by atoms with Crippen LogP contribution in [0.3, 0.4) is 0 Å². The number of benzene rings is 3. The van der Waals surface area contributed by atoms with E-state index in [1.54, 1.807) is 42.5 Å². The van der Waals surface area contributed by atoms with E-state index >= 15 is 0 Å². The lowest BCUT2D eigenvalue weighted by molar-refractivity contribution is 0.0951. The molecule has 0 aliphatic heterocycles. The summed E-state index contributed by atoms with van der Waals surface area (Å²) in [5, 5.41) is 3.27. The van der Waals surface area contributed by atoms with Gasteiger partial charge in [0.05, 0.1) is 17.6 Å². The second-order valence-corrected chi connectivity index (χ2v) is 9.01. The Morgan fingerprint density at radius 2 is 1.68 bits per heavy atom. The highest BCUT2D eigenvalue weighted by Crippen LogP contribution is 2.22. The van der Waals surface area contributed by atoms with Crippen molar-refractivity contribution in [3.63, 3.8) is 0 Å². The third kappa shape index (κ3) is 6.30. The lowest BCUT2D eigenvalue weighted by Gasteiger charge is -2.10. The van der Waals surface area contributed by atoms with Crippen molar-refractivity contribution in [1.82, 2.24) is 10.0 Å². The summed E-state index contributed by atoms with van der Waals surface area (Å²) in [6.45, 7) is 0.608. The van der Waals surface area contributed by atoms with Gasteiger partial charge in [0.2, 0.25) is 10.0 Å². The molecule has 3 rings (SSSR count). The number of ether oxygens (including phenoxy) is 1. The van der Waals surface area contributed by atoms with Gasteiger partial charge in [0.25, 0.3) is 5.91 Å². The van der Waals surface area contributed by atoms with Crippen molar-refractivity contribution in [2.75, 3.05) is 13.7 Å². The van der Waals surface area contributed by atoms with Crippen molar-refractivity contribution in [3.8, 4) is 5.75 Å². The summed E-state index contributed by atoms with van der Waals surface area (Å²) >= 11 is 5.97. The first-order chi connectivity index (χ1) is 14.9. The fourth-order valence-electron chi connectivity index (χ4n) is 2.97. The average molecular weight is 459 g/mol. The molecule has 0 fully saturated rings. The summed E-state index contributed by atoms with van der Waals surface area (Å²) < 4.78 is 32.7. The highest BCUT2D eigenvalue weighted by atomic mass is 35.5. The molecule has 2 N–H and O–H groups in total. The third-order valence-electron chi connectivity index (χ3n) is 4.65. The van der Waals surface area contributed by atoms with Crippen LogP contribution in [0.4, 0.5) is 0 Å². The van der Waals surface area contributed by atoms with Gasteiger partial charge in [-0.3, -0.25) is 4.79 Å². The minimum absolute atomic E-state index is 0.194. The lowest BCUT2D eigenvalue weighted by Crippen LogP contribution is -2.26. The molecule has 6 nitrogen and oxygen atoms in total. The highest BCUT2D eigenvalue weighted by molar-refractivity contribution is 7.89. The van der Waals surface area contributed by atoms with E-state index in [0.717, 1.165) is 11.1 Å². The van der Waals surface area contributed by atoms with Crippen molar-refractivity contribution in [1.29, 1.82) is 0 Å². The summed E-state index contributed by atoms with van der Waals surface area (Å²) in [4.78, 5) is 12.6. The first kappa shape index (κ1) is 22.8. The number of nitrogens with one attached hydrogen (secondary N) is 2. The predicted molar refractivity (Wildman–Crippen MR) is 121 cm³/mol. The maximum absolute atomic E-state index is 12.5. The van der Waals surface area contributed by atoms with Gasteiger partial charge in [-0.1, -0.05) is 54.1 Å². The van der Waals surface area contributed by atoms with Crippen LogP contribution in [0.15, 0.2) is 77.7 Å². The Labute approximate surface area is 187 Å². The van der Waals surface area contributed by atoms with Gasteiger partial charge in [0, 0.05) is 18.1 Å². The molecule has 0 bridgehead atoms. The third-order valence-corrected chi connectivity index (χ3v) is 6.30. The minimum atomic E-state index is -3.60. The Kier molecular flexibility index (Phi) is 7.68. The first-order valence-corrected chi connectivity index (χ1v) is 11.5. The number of hydrogen-bond donors (Lipinski definition) is 2. The molecule has 0 heterocycles. The van der Waals surface area contributed by atoms with Crippen LogP contribution in [-0.2, 0) is 23.0 Å². The maximum atomic E-state index is 12.5. The Hall–Kier alpha value is -2.87. The second-order valence-electron chi connectivity index (χ2n) is 6.80. The second kappa shape index (κ2) is 10.4. The molecule has 0 saturated carbocycles. The molecule has 162 valence electrons. The smallest absolute Gasteiger partial charge is 0.255 e. The van der Waals surface area contributed by atoms with E-state index in [2.05, 4.69) is 10.0 Å². The molecule has 8 heteroatoms. The summed E-state index contributed by atoms with van der Waals surface area (Å²) in [7, 11) is -2.11. The van der Waals surface area contributed by atoms with Gasteiger partial charge >= 0.3 is 0 Å². The number of methoxy groups -OCH3 is 1. The van der Waals surface area contributed by atoms with Gasteiger partial charge in [-0.15, -0.1) is 0 Å². The van der Waals surface area contributed by atoms with Crippen molar-refractivity contribution in [2.45, 2.75) is 17.9 Å². The number of carbonyl (C=O) groups excluding carboxylic acids is 1. The molecule has 3 aromatic rings. The van der Waals surface area contributed by atoms with E-state index in [0.29, 0.717) is 29.3 Å². The van der Waals surface area contributed by atoms with Gasteiger partial charge < -0.3 is 10.1 Å². The molecule has 1 amide bonds. The molecule has 0 spiro atoms. The molecule has 0 atom stereocenters. The van der Waals surface area contributed by atoms with Gasteiger partial charge in [-0.05, 0) is 47.9 Å². The predicted octanol–water partition coefficient (Wildman–Crippen LogP) is 3.80. The number of rotatable bonds is 9. The van der Waals surface area contributed by atoms with Crippen LogP contribution >= 0.6 is 11.6 Å². The molecule has 31 heavy (non-hydrogen) atoms. The van der Waals surface area contributed by atoms with E-state index in [-0.39, 0.29) is 17.3 Å². The zero-order valence-corrected chi connectivity index (χ0v) is 18.5. The van der Waals surface area contributed by atoms with Crippen molar-refractivity contribution >= 4 is 27.5 Å². The summed E-state index contributed by atoms with van der Waals surface area (Å²) in [5.41, 5.74) is 2.15. The van der Waals surface area contributed by atoms with Crippen LogP contribution in [0.1, 0.15) is 21.5 Å². The fraction of sp³-hybridized carbons (Fsp3) is 0.174. The van der Waals surface area contributed by atoms with E-state index in [9.17, 15) is 13.2 Å². The summed E-state index contributed by atoms with van der Waals surface area (Å²) in [6.07, 6.45) is 0.548. The average Bonchev–Trinajstić information content (AvgIpc) is 2.79. The van der Waals surface area contributed by atoms with Gasteiger partial charge in [0.15, 0.2) is 0 Å². The summed E-state index contributed by atoms with van der Waals surface area (Å²) in [5.74, 6) is 0.156. The highest BCUT2D eigenvalue weighted by Gasteiger charge is 2.14. The van der Waals surface area contributed by atoms with Gasteiger partial charge in [-0.2, -0.15) is 0 Å². The monoisotopic (exact) mass is 458 g/mol. The zero-order chi connectivity index (χ0) is 22.3. The van der Waals surface area contributed by atoms with Crippen LogP contribution in [-0.4, -0.2) is 28.0 Å². The Morgan fingerprint density at radius 3 is 2.35 bits per heavy atom. The lowest BCUT2D eigenvalue weighted by atomic mass is 10.1. The number of carbonyl (C=O) groups is 1. The molecule has 0 saturated heterocycles. The van der Waals surface area contributed by atoms with Crippen molar-refractivity contribution < 1.29 is 17.9 Å². The number of sulfonamides is 1. The van der Waals surface area contributed by atoms with Gasteiger partial charge in [-0.25, -0.2) is 13.1 Å². The molecule has 0 radical (unpaired) electrons. The van der Waals surface area contributed by atoms with E-state index in [4.69, 9.17) is 16.3 Å². The molecule has 0 aromatic heterocycles. The Morgan fingerprint density at radius 1 is 0.968 bits per heavy atom. The van der Waals surface area contributed by atoms with Crippen molar-refractivity contribution in [3.05, 3.63) is 94.5 Å². The van der Waals surface area contributed by atoms with Crippen LogP contribution < -0.4 is 14.8 Å². The molecule has 0 unspecified atom stereocenters.